The first kappa shape index (κ1) is 66.9. The minimum atomic E-state index is -1.57. The normalized spacial score (nSPS) is 12.5. The third-order valence-corrected chi connectivity index (χ3v) is 13.5. The molecule has 6 amide bonds. The lowest BCUT2D eigenvalue weighted by Gasteiger charge is -2.24. The Morgan fingerprint density at radius 3 is 1.77 bits per heavy atom. The Morgan fingerprint density at radius 2 is 1.17 bits per heavy atom. The summed E-state index contributed by atoms with van der Waals surface area (Å²) in [6.45, 7) is 5.76. The van der Waals surface area contributed by atoms with Gasteiger partial charge in [-0.15, -0.1) is 0 Å². The maximum Gasteiger partial charge on any atom is 0.336 e. The number of urea groups is 1. The Labute approximate surface area is 500 Å². The third kappa shape index (κ3) is 22.0. The summed E-state index contributed by atoms with van der Waals surface area (Å²) in [6, 6.07) is 20.4. The highest BCUT2D eigenvalue weighted by Gasteiger charge is 2.29. The molecular weight excluding hydrogens is 1130 g/mol. The molecule has 86 heavy (non-hydrogen) atoms. The van der Waals surface area contributed by atoms with Crippen molar-refractivity contribution in [3.05, 3.63) is 148 Å². The first-order chi connectivity index (χ1) is 41.1. The number of amides is 6. The minimum Gasteiger partial charge on any atom is -0.512 e. The van der Waals surface area contributed by atoms with E-state index in [1.54, 1.807) is 36.4 Å². The SMILES string of the molecule is C=Cc1c(/C=C(\C)O)oc2cc(=O)ccc-2c1-c1ccc(NC(=S)NCCNC(=O)[C@H](Cc2ccccc2)NC(=O)C(Cc2ccccc2)NC(=O)CCCCCCCNC(=O)CC[C@H](NC(=O)N[C@@H](CCC(=O)O)C(=O)O)C(=O)O)cc1C(=O)O. The molecule has 1 heterocycles. The van der Waals surface area contributed by atoms with E-state index >= 15 is 0 Å². The quantitative estimate of drug-likeness (QED) is 0.0131. The van der Waals surface area contributed by atoms with Crippen molar-refractivity contribution in [1.82, 2.24) is 37.2 Å². The molecule has 3 aromatic rings. The number of unbranched alkanes of at least 4 members (excludes halogenated alkanes) is 4. The maximum absolute atomic E-state index is 14.1. The number of aromatic carboxylic acids is 1. The summed E-state index contributed by atoms with van der Waals surface area (Å²) in [7, 11) is 0. The maximum atomic E-state index is 14.1. The lowest BCUT2D eigenvalue weighted by atomic mass is 9.89. The number of carbonyl (C=O) groups is 9. The van der Waals surface area contributed by atoms with Gasteiger partial charge in [0.25, 0.3) is 0 Å². The molecule has 24 nitrogen and oxygen atoms in total. The number of nitrogens with one attached hydrogen (secondary N) is 8. The second kappa shape index (κ2) is 34.0. The predicted octanol–water partition coefficient (Wildman–Crippen LogP) is 5.84. The number of rotatable bonds is 34. The molecule has 0 spiro atoms. The van der Waals surface area contributed by atoms with Crippen LogP contribution in [-0.4, -0.2) is 128 Å². The fourth-order valence-electron chi connectivity index (χ4n) is 9.03. The molecule has 3 aromatic carbocycles. The fraction of sp³-hybridized carbons (Fsp3) is 0.328. The Morgan fingerprint density at radius 1 is 0.593 bits per heavy atom. The predicted molar refractivity (Wildman–Crippen MR) is 323 cm³/mol. The standard InChI is InChI=1S/C61H70N8O16S/c1-3-41-49(31-36(2)70)85-50-35-40(71)21-23-43(50)54(41)42-22-20-39(34-44(42)57(78)79)65-61(86)64-30-29-63-55(76)47(32-37-15-9-7-10-16-37)67-56(77)48(33-38-17-11-8-12-18-38)66-52(73)19-13-5-4-6-14-28-62-51(72)26-24-45(58(80)81)68-60(84)69-46(59(82)83)25-27-53(74)75/h3,7-12,15-18,20-23,31,34-35,45-48,70H,1,4-6,13-14,19,24-30,32-33H2,2H3,(H,62,72)(H,63,76)(H,66,73)(H,67,77)(H,74,75)(H,78,79)(H,80,81)(H,82,83)(H2,64,65,86)(H2,68,69,84)/b36-31+/t45-,46-,47-,48?/m0/s1. The molecule has 5 rings (SSSR count). The molecule has 0 saturated carbocycles. The molecule has 0 saturated heterocycles. The largest absolute Gasteiger partial charge is 0.512 e. The first-order valence-electron chi connectivity index (χ1n) is 27.6. The number of anilines is 1. The molecule has 1 unspecified atom stereocenters. The Hall–Kier alpha value is -9.91. The second-order valence-corrected chi connectivity index (χ2v) is 20.3. The zero-order chi connectivity index (χ0) is 62.7. The van der Waals surface area contributed by atoms with E-state index < -0.39 is 84.6 Å². The highest BCUT2D eigenvalue weighted by Crippen LogP contribution is 2.41. The van der Waals surface area contributed by atoms with Gasteiger partial charge in [-0.2, -0.15) is 0 Å². The van der Waals surface area contributed by atoms with Gasteiger partial charge in [0.1, 0.15) is 35.7 Å². The van der Waals surface area contributed by atoms with Crippen LogP contribution in [-0.2, 0) is 46.4 Å². The Kier molecular flexibility index (Phi) is 26.5. The number of aliphatic hydroxyl groups is 1. The summed E-state index contributed by atoms with van der Waals surface area (Å²) in [6.07, 6.45) is 4.71. The van der Waals surface area contributed by atoms with Crippen LogP contribution in [0.1, 0.15) is 104 Å². The number of carboxylic acids is 4. The number of carbonyl (C=O) groups excluding carboxylic acids is 5. The number of allylic oxidation sites excluding steroid dienone is 1. The summed E-state index contributed by atoms with van der Waals surface area (Å²) < 4.78 is 5.94. The number of fused-ring (bicyclic) bond motifs is 1. The number of benzene rings is 4. The van der Waals surface area contributed by atoms with Crippen molar-refractivity contribution in [3.63, 3.8) is 0 Å². The van der Waals surface area contributed by atoms with Crippen molar-refractivity contribution in [3.8, 4) is 22.5 Å². The van der Waals surface area contributed by atoms with Gasteiger partial charge in [-0.25, -0.2) is 19.2 Å². The van der Waals surface area contributed by atoms with E-state index in [-0.39, 0.29) is 96.6 Å². The fourth-order valence-corrected chi connectivity index (χ4v) is 9.25. The van der Waals surface area contributed by atoms with Gasteiger partial charge in [-0.1, -0.05) is 98.6 Å². The molecular formula is C61H70N8O16S. The highest BCUT2D eigenvalue weighted by atomic mass is 32.1. The number of thiocarbonyl (C=S) groups is 1. The van der Waals surface area contributed by atoms with Gasteiger partial charge in [0, 0.05) is 86.3 Å². The summed E-state index contributed by atoms with van der Waals surface area (Å²) in [5.41, 5.74) is 2.86. The molecule has 0 bridgehead atoms. The van der Waals surface area contributed by atoms with E-state index in [2.05, 4.69) is 43.8 Å². The number of carboxylic acid groups (broad SMARTS) is 4. The molecule has 2 aliphatic rings. The van der Waals surface area contributed by atoms with Gasteiger partial charge in [-0.3, -0.25) is 28.8 Å². The van der Waals surface area contributed by atoms with E-state index in [4.69, 9.17) is 21.7 Å². The molecule has 456 valence electrons. The number of aliphatic carboxylic acids is 3. The van der Waals surface area contributed by atoms with Gasteiger partial charge in [0.05, 0.1) is 11.3 Å². The van der Waals surface area contributed by atoms with E-state index in [0.29, 0.717) is 54.5 Å². The summed E-state index contributed by atoms with van der Waals surface area (Å²) in [5, 5.41) is 69.5. The smallest absolute Gasteiger partial charge is 0.336 e. The van der Waals surface area contributed by atoms with E-state index in [1.165, 1.54) is 43.3 Å². The monoisotopic (exact) mass is 1200 g/mol. The number of hydrogen-bond donors (Lipinski definition) is 13. The zero-order valence-electron chi connectivity index (χ0n) is 47.2. The molecule has 0 aromatic heterocycles. The second-order valence-electron chi connectivity index (χ2n) is 19.9. The lowest BCUT2D eigenvalue weighted by molar-refractivity contribution is -0.141. The number of aliphatic hydroxyl groups excluding tert-OH is 1. The van der Waals surface area contributed by atoms with Crippen LogP contribution in [0.15, 0.2) is 119 Å². The zero-order valence-corrected chi connectivity index (χ0v) is 48.0. The average molecular weight is 1200 g/mol. The molecule has 4 atom stereocenters. The lowest BCUT2D eigenvalue weighted by Crippen LogP contribution is -2.55. The van der Waals surface area contributed by atoms with Gasteiger partial charge in [0.15, 0.2) is 10.5 Å². The van der Waals surface area contributed by atoms with Crippen LogP contribution in [0.3, 0.4) is 0 Å². The van der Waals surface area contributed by atoms with Gasteiger partial charge in [-0.05, 0) is 85.8 Å². The molecule has 0 fully saturated rings. The third-order valence-electron chi connectivity index (χ3n) is 13.3. The molecule has 0 radical (unpaired) electrons. The van der Waals surface area contributed by atoms with Crippen molar-refractivity contribution in [2.45, 2.75) is 108 Å². The topological polar surface area (TPSA) is 381 Å². The molecule has 13 N–H and O–H groups in total. The van der Waals surface area contributed by atoms with Crippen LogP contribution >= 0.6 is 12.2 Å². The molecule has 25 heteroatoms. The molecule has 1 aliphatic carbocycles. The van der Waals surface area contributed by atoms with Crippen LogP contribution in [0.2, 0.25) is 0 Å². The van der Waals surface area contributed by atoms with Crippen molar-refractivity contribution in [1.29, 1.82) is 0 Å². The minimum absolute atomic E-state index is 0.0444. The van der Waals surface area contributed by atoms with E-state index in [1.807, 2.05) is 41.7 Å². The van der Waals surface area contributed by atoms with Crippen LogP contribution < -0.4 is 48.0 Å². The van der Waals surface area contributed by atoms with Crippen LogP contribution in [0, 0.1) is 0 Å². The van der Waals surface area contributed by atoms with Crippen molar-refractivity contribution in [2.75, 3.05) is 25.0 Å². The van der Waals surface area contributed by atoms with Gasteiger partial charge in [0.2, 0.25) is 23.6 Å². The van der Waals surface area contributed by atoms with Crippen LogP contribution in [0.4, 0.5) is 10.5 Å². The van der Waals surface area contributed by atoms with E-state index in [9.17, 15) is 68.4 Å². The number of hydrogen-bond acceptors (Lipinski definition) is 13. The van der Waals surface area contributed by atoms with Crippen LogP contribution in [0.5, 0.6) is 0 Å². The van der Waals surface area contributed by atoms with Crippen molar-refractivity contribution >= 4 is 88.7 Å². The van der Waals surface area contributed by atoms with Crippen LogP contribution in [0.25, 0.3) is 34.6 Å². The summed E-state index contributed by atoms with van der Waals surface area (Å²) >= 11 is 5.53. The highest BCUT2D eigenvalue weighted by molar-refractivity contribution is 7.80. The van der Waals surface area contributed by atoms with Crippen molar-refractivity contribution < 1.29 is 73.1 Å². The average Bonchev–Trinajstić information content (AvgIpc) is 0.832. The Balaban J connectivity index is 1.11. The summed E-state index contributed by atoms with van der Waals surface area (Å²) in [4.78, 5) is 125. The first-order valence-corrected chi connectivity index (χ1v) is 28.0. The van der Waals surface area contributed by atoms with E-state index in [0.717, 1.165) is 11.1 Å². The van der Waals surface area contributed by atoms with Gasteiger partial charge >= 0.3 is 29.9 Å². The van der Waals surface area contributed by atoms with Crippen molar-refractivity contribution in [2.24, 2.45) is 0 Å². The van der Waals surface area contributed by atoms with Gasteiger partial charge < -0.3 is 72.5 Å². The molecule has 1 aliphatic heterocycles. The summed E-state index contributed by atoms with van der Waals surface area (Å²) in [5.74, 6) is -7.23. The Bertz CT molecular complexity index is 3300.